The number of benzene rings is 2. The van der Waals surface area contributed by atoms with Gasteiger partial charge in [-0.1, -0.05) is 29.8 Å². The summed E-state index contributed by atoms with van der Waals surface area (Å²) in [6, 6.07) is 14.6. The van der Waals surface area contributed by atoms with Crippen molar-refractivity contribution in [2.24, 2.45) is 0 Å². The fraction of sp³-hybridized carbons (Fsp3) is 0.188. The predicted molar refractivity (Wildman–Crippen MR) is 73.4 cm³/mol. The SMILES string of the molecule is N#CC1(c2cccc(-c3ccc(Cl)cc3F)c2)CC1. The summed E-state index contributed by atoms with van der Waals surface area (Å²) < 4.78 is 13.9. The zero-order chi connectivity index (χ0) is 13.5. The average molecular weight is 272 g/mol. The number of halogens is 2. The van der Waals surface area contributed by atoms with Gasteiger partial charge in [0, 0.05) is 10.6 Å². The average Bonchev–Trinajstić information content (AvgIpc) is 3.20. The van der Waals surface area contributed by atoms with Gasteiger partial charge < -0.3 is 0 Å². The van der Waals surface area contributed by atoms with Crippen molar-refractivity contribution >= 4 is 11.6 Å². The van der Waals surface area contributed by atoms with E-state index in [4.69, 9.17) is 11.6 Å². The van der Waals surface area contributed by atoms with E-state index in [1.54, 1.807) is 12.1 Å². The van der Waals surface area contributed by atoms with E-state index in [1.165, 1.54) is 6.07 Å². The molecule has 0 spiro atoms. The summed E-state index contributed by atoms with van der Waals surface area (Å²) in [5.74, 6) is -0.341. The molecular weight excluding hydrogens is 261 g/mol. The lowest BCUT2D eigenvalue weighted by Gasteiger charge is -2.09. The highest BCUT2D eigenvalue weighted by Gasteiger charge is 2.44. The summed E-state index contributed by atoms with van der Waals surface area (Å²) in [6.45, 7) is 0. The molecule has 0 aliphatic heterocycles. The van der Waals surface area contributed by atoms with Gasteiger partial charge in [-0.2, -0.15) is 5.26 Å². The summed E-state index contributed by atoms with van der Waals surface area (Å²) in [7, 11) is 0. The molecule has 2 aromatic carbocycles. The van der Waals surface area contributed by atoms with Gasteiger partial charge >= 0.3 is 0 Å². The summed E-state index contributed by atoms with van der Waals surface area (Å²) >= 11 is 5.76. The molecule has 19 heavy (non-hydrogen) atoms. The molecule has 0 heterocycles. The molecule has 0 saturated heterocycles. The van der Waals surface area contributed by atoms with Crippen LogP contribution in [0.3, 0.4) is 0 Å². The Morgan fingerprint density at radius 1 is 1.16 bits per heavy atom. The van der Waals surface area contributed by atoms with Crippen LogP contribution in [0.2, 0.25) is 5.02 Å². The van der Waals surface area contributed by atoms with Gasteiger partial charge in [0.05, 0.1) is 11.5 Å². The molecule has 0 atom stereocenters. The van der Waals surface area contributed by atoms with Crippen LogP contribution < -0.4 is 0 Å². The quantitative estimate of drug-likeness (QED) is 0.776. The van der Waals surface area contributed by atoms with Crippen molar-refractivity contribution in [3.8, 4) is 17.2 Å². The number of hydrogen-bond donors (Lipinski definition) is 0. The third kappa shape index (κ3) is 2.11. The minimum atomic E-state index is -0.348. The van der Waals surface area contributed by atoms with Crippen LogP contribution in [0.5, 0.6) is 0 Å². The van der Waals surface area contributed by atoms with E-state index in [1.807, 2.05) is 24.3 Å². The van der Waals surface area contributed by atoms with Crippen LogP contribution in [0.25, 0.3) is 11.1 Å². The van der Waals surface area contributed by atoms with Crippen LogP contribution >= 0.6 is 11.6 Å². The lowest BCUT2D eigenvalue weighted by atomic mass is 9.94. The van der Waals surface area contributed by atoms with Crippen molar-refractivity contribution in [3.05, 3.63) is 58.9 Å². The number of rotatable bonds is 2. The van der Waals surface area contributed by atoms with Gasteiger partial charge in [0.15, 0.2) is 0 Å². The molecule has 0 bridgehead atoms. The second kappa shape index (κ2) is 4.36. The van der Waals surface area contributed by atoms with E-state index in [0.717, 1.165) is 24.0 Å². The van der Waals surface area contributed by atoms with Crippen molar-refractivity contribution in [1.82, 2.24) is 0 Å². The minimum Gasteiger partial charge on any atom is -0.206 e. The van der Waals surface area contributed by atoms with E-state index in [9.17, 15) is 9.65 Å². The summed E-state index contributed by atoms with van der Waals surface area (Å²) in [6.07, 6.45) is 1.77. The summed E-state index contributed by atoms with van der Waals surface area (Å²) in [4.78, 5) is 0. The van der Waals surface area contributed by atoms with Crippen LogP contribution in [0.1, 0.15) is 18.4 Å². The molecule has 1 saturated carbocycles. The molecule has 0 unspecified atom stereocenters. The van der Waals surface area contributed by atoms with Crippen molar-refractivity contribution in [2.75, 3.05) is 0 Å². The maximum absolute atomic E-state index is 13.9. The summed E-state index contributed by atoms with van der Waals surface area (Å²) in [5, 5.41) is 9.60. The highest BCUT2D eigenvalue weighted by Crippen LogP contribution is 2.48. The summed E-state index contributed by atoms with van der Waals surface area (Å²) in [5.41, 5.74) is 1.92. The second-order valence-corrected chi connectivity index (χ2v) is 5.34. The van der Waals surface area contributed by atoms with E-state index in [-0.39, 0.29) is 11.2 Å². The topological polar surface area (TPSA) is 23.8 Å². The number of hydrogen-bond acceptors (Lipinski definition) is 1. The van der Waals surface area contributed by atoms with E-state index in [2.05, 4.69) is 6.07 Å². The Morgan fingerprint density at radius 2 is 1.95 bits per heavy atom. The van der Waals surface area contributed by atoms with E-state index >= 15 is 0 Å². The van der Waals surface area contributed by atoms with Crippen molar-refractivity contribution in [2.45, 2.75) is 18.3 Å². The first kappa shape index (κ1) is 12.2. The highest BCUT2D eigenvalue weighted by atomic mass is 35.5. The highest BCUT2D eigenvalue weighted by molar-refractivity contribution is 6.30. The minimum absolute atomic E-state index is 0.341. The molecule has 3 rings (SSSR count). The van der Waals surface area contributed by atoms with Crippen LogP contribution in [0, 0.1) is 17.1 Å². The van der Waals surface area contributed by atoms with Crippen LogP contribution in [-0.2, 0) is 5.41 Å². The number of nitrogens with zero attached hydrogens (tertiary/aromatic N) is 1. The van der Waals surface area contributed by atoms with Gasteiger partial charge in [-0.15, -0.1) is 0 Å². The Balaban J connectivity index is 2.07. The fourth-order valence-electron chi connectivity index (χ4n) is 2.30. The Morgan fingerprint density at radius 3 is 2.58 bits per heavy atom. The molecule has 0 radical (unpaired) electrons. The first-order chi connectivity index (χ1) is 9.14. The first-order valence-corrected chi connectivity index (χ1v) is 6.50. The molecule has 1 fully saturated rings. The zero-order valence-electron chi connectivity index (χ0n) is 10.2. The van der Waals surface area contributed by atoms with Crippen molar-refractivity contribution < 1.29 is 4.39 Å². The monoisotopic (exact) mass is 271 g/mol. The van der Waals surface area contributed by atoms with Crippen LogP contribution in [0.15, 0.2) is 42.5 Å². The van der Waals surface area contributed by atoms with Crippen LogP contribution in [0.4, 0.5) is 4.39 Å². The molecule has 0 amide bonds. The van der Waals surface area contributed by atoms with E-state index < -0.39 is 0 Å². The Kier molecular flexibility index (Phi) is 2.80. The second-order valence-electron chi connectivity index (χ2n) is 4.90. The Bertz CT molecular complexity index is 683. The molecule has 1 aliphatic carbocycles. The molecule has 0 N–H and O–H groups in total. The maximum atomic E-state index is 13.9. The molecule has 94 valence electrons. The lowest BCUT2D eigenvalue weighted by molar-refractivity contribution is 0.631. The van der Waals surface area contributed by atoms with Gasteiger partial charge in [0.2, 0.25) is 0 Å². The Labute approximate surface area is 116 Å². The van der Waals surface area contributed by atoms with E-state index in [0.29, 0.717) is 10.6 Å². The van der Waals surface area contributed by atoms with Gasteiger partial charge in [-0.25, -0.2) is 4.39 Å². The van der Waals surface area contributed by atoms with Crippen molar-refractivity contribution in [1.29, 1.82) is 5.26 Å². The standard InChI is InChI=1S/C16H11ClFN/c17-13-4-5-14(15(18)9-13)11-2-1-3-12(8-11)16(10-19)6-7-16/h1-5,8-9H,6-7H2. The number of nitriles is 1. The van der Waals surface area contributed by atoms with Gasteiger partial charge in [-0.3, -0.25) is 0 Å². The molecule has 1 nitrogen and oxygen atoms in total. The molecule has 0 aromatic heterocycles. The maximum Gasteiger partial charge on any atom is 0.132 e. The lowest BCUT2D eigenvalue weighted by Crippen LogP contribution is -2.02. The van der Waals surface area contributed by atoms with Crippen molar-refractivity contribution in [3.63, 3.8) is 0 Å². The van der Waals surface area contributed by atoms with Gasteiger partial charge in [-0.05, 0) is 48.2 Å². The molecular formula is C16H11ClFN. The zero-order valence-corrected chi connectivity index (χ0v) is 10.9. The third-order valence-corrected chi connectivity index (χ3v) is 3.86. The smallest absolute Gasteiger partial charge is 0.132 e. The van der Waals surface area contributed by atoms with Gasteiger partial charge in [0.25, 0.3) is 0 Å². The fourth-order valence-corrected chi connectivity index (χ4v) is 2.46. The first-order valence-electron chi connectivity index (χ1n) is 6.12. The normalized spacial score (nSPS) is 15.8. The largest absolute Gasteiger partial charge is 0.206 e. The third-order valence-electron chi connectivity index (χ3n) is 3.62. The Hall–Kier alpha value is -1.85. The van der Waals surface area contributed by atoms with Crippen LogP contribution in [-0.4, -0.2) is 0 Å². The molecule has 3 heteroatoms. The predicted octanol–water partition coefficient (Wildman–Crippen LogP) is 4.70. The van der Waals surface area contributed by atoms with Gasteiger partial charge in [0.1, 0.15) is 5.82 Å². The molecule has 1 aliphatic rings. The molecule has 2 aromatic rings.